The van der Waals surface area contributed by atoms with Crippen molar-refractivity contribution < 1.29 is 9.94 Å². The van der Waals surface area contributed by atoms with Gasteiger partial charge in [-0.2, -0.15) is 11.8 Å². The Morgan fingerprint density at radius 2 is 2.00 bits per heavy atom. The third kappa shape index (κ3) is 4.75. The van der Waals surface area contributed by atoms with Crippen LogP contribution in [0, 0.1) is 0 Å². The number of hydroxylamine groups is 1. The van der Waals surface area contributed by atoms with Crippen molar-refractivity contribution in [2.24, 2.45) is 0 Å². The Balaban J connectivity index is 2.34. The molecule has 0 bridgehead atoms. The predicted molar refractivity (Wildman–Crippen MR) is 112 cm³/mol. The predicted octanol–water partition coefficient (Wildman–Crippen LogP) is 3.11. The first-order chi connectivity index (χ1) is 13.0. The molecule has 0 atom stereocenters. The third-order valence-electron chi connectivity index (χ3n) is 3.94. The molecule has 2 N–H and O–H groups in total. The van der Waals surface area contributed by atoms with Crippen LogP contribution < -0.4 is 11.2 Å². The summed E-state index contributed by atoms with van der Waals surface area (Å²) in [6.07, 6.45) is 5.86. The van der Waals surface area contributed by atoms with E-state index in [4.69, 9.17) is 4.84 Å². The number of benzene rings is 1. The van der Waals surface area contributed by atoms with Crippen LogP contribution in [0.1, 0.15) is 11.3 Å². The van der Waals surface area contributed by atoms with Crippen LogP contribution in [-0.2, 0) is 17.8 Å². The fourth-order valence-corrected chi connectivity index (χ4v) is 3.03. The second kappa shape index (κ2) is 9.89. The highest BCUT2D eigenvalue weighted by molar-refractivity contribution is 7.98. The summed E-state index contributed by atoms with van der Waals surface area (Å²) in [7, 11) is 0. The number of imidazole rings is 1. The lowest BCUT2D eigenvalue weighted by molar-refractivity contribution is 0.104. The van der Waals surface area contributed by atoms with Gasteiger partial charge in [0.15, 0.2) is 0 Å². The molecule has 0 saturated carbocycles. The van der Waals surface area contributed by atoms with Crippen molar-refractivity contribution in [1.29, 1.82) is 0 Å². The average molecular weight is 388 g/mol. The van der Waals surface area contributed by atoms with Gasteiger partial charge in [-0.05, 0) is 29.7 Å². The Morgan fingerprint density at radius 3 is 2.59 bits per heavy atom. The molecule has 1 aromatic carbocycles. The molecule has 2 rings (SSSR count). The van der Waals surface area contributed by atoms with E-state index in [1.165, 1.54) is 4.57 Å². The summed E-state index contributed by atoms with van der Waals surface area (Å²) in [6, 6.07) is 7.13. The SMILES string of the molecule is C=CCONC(=C)c1ccc(-n2c(O)c(CCSC)n(CC=C)c2=O)cc1. The lowest BCUT2D eigenvalue weighted by Crippen LogP contribution is -2.24. The Morgan fingerprint density at radius 1 is 1.30 bits per heavy atom. The molecule has 0 radical (unpaired) electrons. The van der Waals surface area contributed by atoms with Gasteiger partial charge in [0.2, 0.25) is 5.88 Å². The zero-order valence-corrected chi connectivity index (χ0v) is 16.3. The van der Waals surface area contributed by atoms with Crippen molar-refractivity contribution in [1.82, 2.24) is 14.6 Å². The summed E-state index contributed by atoms with van der Waals surface area (Å²) >= 11 is 1.66. The smallest absolute Gasteiger partial charge is 0.336 e. The zero-order chi connectivity index (χ0) is 19.8. The normalized spacial score (nSPS) is 10.6. The summed E-state index contributed by atoms with van der Waals surface area (Å²) < 4.78 is 2.86. The fraction of sp³-hybridized carbons (Fsp3) is 0.250. The minimum atomic E-state index is -0.289. The molecule has 0 saturated heterocycles. The second-order valence-electron chi connectivity index (χ2n) is 5.76. The molecule has 6 nitrogen and oxygen atoms in total. The molecule has 1 heterocycles. The molecule has 144 valence electrons. The molecule has 0 amide bonds. The number of allylic oxidation sites excluding steroid dienone is 1. The quantitative estimate of drug-likeness (QED) is 0.352. The lowest BCUT2D eigenvalue weighted by Gasteiger charge is -2.10. The van der Waals surface area contributed by atoms with E-state index < -0.39 is 0 Å². The number of aromatic nitrogens is 2. The van der Waals surface area contributed by atoms with E-state index >= 15 is 0 Å². The monoisotopic (exact) mass is 387 g/mol. The lowest BCUT2D eigenvalue weighted by atomic mass is 10.1. The molecule has 0 aliphatic heterocycles. The highest BCUT2D eigenvalue weighted by Gasteiger charge is 2.19. The van der Waals surface area contributed by atoms with E-state index in [2.05, 4.69) is 25.2 Å². The van der Waals surface area contributed by atoms with Crippen molar-refractivity contribution in [3.05, 3.63) is 77.9 Å². The van der Waals surface area contributed by atoms with Gasteiger partial charge in [-0.3, -0.25) is 14.9 Å². The largest absolute Gasteiger partial charge is 0.493 e. The van der Waals surface area contributed by atoms with E-state index in [1.54, 1.807) is 52.7 Å². The van der Waals surface area contributed by atoms with Crippen LogP contribution in [0.3, 0.4) is 0 Å². The standard InChI is InChI=1S/C20H25N3O3S/c1-5-12-22-18(11-14-27-4)19(24)23(20(22)25)17-9-7-16(8-10-17)15(3)21-26-13-6-2/h5-10,21,24H,1-3,11-14H2,4H3. The molecular formula is C20H25N3O3S. The number of nitrogens with one attached hydrogen (secondary N) is 1. The van der Waals surface area contributed by atoms with Crippen LogP contribution in [0.25, 0.3) is 11.4 Å². The Bertz CT molecular complexity index is 866. The molecule has 0 aliphatic carbocycles. The topological polar surface area (TPSA) is 68.4 Å². The highest BCUT2D eigenvalue weighted by Crippen LogP contribution is 2.23. The van der Waals surface area contributed by atoms with Crippen molar-refractivity contribution in [2.75, 3.05) is 18.6 Å². The number of nitrogens with zero attached hydrogens (tertiary/aromatic N) is 2. The third-order valence-corrected chi connectivity index (χ3v) is 4.56. The second-order valence-corrected chi connectivity index (χ2v) is 6.74. The van der Waals surface area contributed by atoms with Gasteiger partial charge in [0.1, 0.15) is 0 Å². The van der Waals surface area contributed by atoms with Gasteiger partial charge in [-0.1, -0.05) is 30.9 Å². The van der Waals surface area contributed by atoms with Crippen molar-refractivity contribution in [2.45, 2.75) is 13.0 Å². The minimum Gasteiger partial charge on any atom is -0.493 e. The number of hydrogen-bond donors (Lipinski definition) is 2. The van der Waals surface area contributed by atoms with E-state index in [-0.39, 0.29) is 11.6 Å². The summed E-state index contributed by atoms with van der Waals surface area (Å²) in [4.78, 5) is 18.0. The molecule has 1 aromatic heterocycles. The maximum atomic E-state index is 12.8. The van der Waals surface area contributed by atoms with Crippen molar-refractivity contribution >= 4 is 17.5 Å². The van der Waals surface area contributed by atoms with E-state index in [0.717, 1.165) is 11.3 Å². The van der Waals surface area contributed by atoms with Gasteiger partial charge in [0.05, 0.1) is 23.7 Å². The van der Waals surface area contributed by atoms with Crippen molar-refractivity contribution in [3.63, 3.8) is 0 Å². The fourth-order valence-electron chi connectivity index (χ4n) is 2.63. The van der Waals surface area contributed by atoms with E-state index in [9.17, 15) is 9.90 Å². The van der Waals surface area contributed by atoms with E-state index in [0.29, 0.717) is 36.7 Å². The van der Waals surface area contributed by atoms with Gasteiger partial charge < -0.3 is 5.11 Å². The van der Waals surface area contributed by atoms with Gasteiger partial charge >= 0.3 is 5.69 Å². The zero-order valence-electron chi connectivity index (χ0n) is 15.5. The van der Waals surface area contributed by atoms with Gasteiger partial charge in [-0.15, -0.1) is 13.2 Å². The maximum absolute atomic E-state index is 12.8. The molecule has 0 spiro atoms. The molecule has 0 unspecified atom stereocenters. The summed E-state index contributed by atoms with van der Waals surface area (Å²) in [5.74, 6) is 0.776. The number of aromatic hydroxyl groups is 1. The highest BCUT2D eigenvalue weighted by atomic mass is 32.2. The summed E-state index contributed by atoms with van der Waals surface area (Å²) in [5, 5.41) is 10.7. The molecular weight excluding hydrogens is 362 g/mol. The molecule has 0 aliphatic rings. The average Bonchev–Trinajstić information content (AvgIpc) is 2.90. The Labute approximate surface area is 163 Å². The Hall–Kier alpha value is -2.64. The van der Waals surface area contributed by atoms with Crippen LogP contribution in [0.4, 0.5) is 0 Å². The minimum absolute atomic E-state index is 0.0325. The number of rotatable bonds is 11. The Kier molecular flexibility index (Phi) is 7.57. The van der Waals surface area contributed by atoms with Crippen LogP contribution in [-0.4, -0.2) is 32.9 Å². The van der Waals surface area contributed by atoms with Crippen LogP contribution in [0.15, 0.2) is 60.9 Å². The summed E-state index contributed by atoms with van der Waals surface area (Å²) in [6.45, 7) is 11.9. The summed E-state index contributed by atoms with van der Waals surface area (Å²) in [5.41, 5.74) is 5.03. The van der Waals surface area contributed by atoms with Crippen LogP contribution >= 0.6 is 11.8 Å². The van der Waals surface area contributed by atoms with Gasteiger partial charge in [0, 0.05) is 13.0 Å². The first kappa shape index (κ1) is 20.7. The molecule has 7 heteroatoms. The van der Waals surface area contributed by atoms with Crippen LogP contribution in [0.2, 0.25) is 0 Å². The molecule has 0 fully saturated rings. The van der Waals surface area contributed by atoms with Crippen molar-refractivity contribution in [3.8, 4) is 11.6 Å². The molecule has 2 aromatic rings. The maximum Gasteiger partial charge on any atom is 0.336 e. The van der Waals surface area contributed by atoms with Gasteiger partial charge in [-0.25, -0.2) is 9.36 Å². The van der Waals surface area contributed by atoms with Gasteiger partial charge in [0.25, 0.3) is 0 Å². The first-order valence-electron chi connectivity index (χ1n) is 8.46. The molecule has 27 heavy (non-hydrogen) atoms. The first-order valence-corrected chi connectivity index (χ1v) is 9.86. The van der Waals surface area contributed by atoms with Crippen LogP contribution in [0.5, 0.6) is 5.88 Å². The number of hydrogen-bond acceptors (Lipinski definition) is 5. The van der Waals surface area contributed by atoms with E-state index in [1.807, 2.05) is 6.26 Å². The number of thioether (sulfide) groups is 1.